The molecule has 0 radical (unpaired) electrons. The third-order valence-electron chi connectivity index (χ3n) is 3.30. The highest BCUT2D eigenvalue weighted by Crippen LogP contribution is 2.19. The predicted octanol–water partition coefficient (Wildman–Crippen LogP) is 3.94. The van der Waals surface area contributed by atoms with Crippen LogP contribution in [0.3, 0.4) is 0 Å². The van der Waals surface area contributed by atoms with E-state index in [9.17, 15) is 17.6 Å². The number of hydrogen-bond donors (Lipinski definition) is 2. The Morgan fingerprint density at radius 3 is 2.16 bits per heavy atom. The highest BCUT2D eigenvalue weighted by Gasteiger charge is 2.14. The van der Waals surface area contributed by atoms with Gasteiger partial charge in [-0.15, -0.1) is 0 Å². The van der Waals surface area contributed by atoms with Crippen molar-refractivity contribution in [1.29, 1.82) is 0 Å². The van der Waals surface area contributed by atoms with E-state index in [0.717, 1.165) is 12.1 Å². The van der Waals surface area contributed by atoms with E-state index in [1.165, 1.54) is 35.6 Å². The minimum absolute atomic E-state index is 0.0382. The molecule has 1 heterocycles. The van der Waals surface area contributed by atoms with Crippen LogP contribution in [0.4, 0.5) is 15.8 Å². The molecule has 2 aromatic carbocycles. The molecule has 25 heavy (non-hydrogen) atoms. The average Bonchev–Trinajstić information content (AvgIpc) is 3.11. The van der Waals surface area contributed by atoms with Crippen molar-refractivity contribution in [3.63, 3.8) is 0 Å². The number of carbonyl (C=O) groups is 1. The van der Waals surface area contributed by atoms with Gasteiger partial charge in [-0.05, 0) is 60.0 Å². The summed E-state index contributed by atoms with van der Waals surface area (Å²) in [5.41, 5.74) is 1.44. The third kappa shape index (κ3) is 4.23. The summed E-state index contributed by atoms with van der Waals surface area (Å²) in [5, 5.41) is 6.27. The van der Waals surface area contributed by atoms with E-state index in [1.54, 1.807) is 23.6 Å². The first kappa shape index (κ1) is 17.1. The Morgan fingerprint density at radius 2 is 1.56 bits per heavy atom. The number of thiophene rings is 1. The fourth-order valence-corrected chi connectivity index (χ4v) is 3.74. The molecular weight excluding hydrogens is 363 g/mol. The molecule has 3 rings (SSSR count). The molecule has 0 fully saturated rings. The third-order valence-corrected chi connectivity index (χ3v) is 5.38. The standard InChI is InChI=1S/C17H13FN2O3S2/c18-13-1-7-16(8-2-13)25(22,23)20-15-5-3-14(4-6-15)19-17(21)12-9-10-24-11-12/h1-11,20H,(H,19,21). The van der Waals surface area contributed by atoms with Crippen LogP contribution in [0.2, 0.25) is 0 Å². The molecule has 1 aromatic heterocycles. The molecule has 0 unspecified atom stereocenters. The van der Waals surface area contributed by atoms with Gasteiger partial charge < -0.3 is 5.32 Å². The Bertz CT molecular complexity index is 968. The van der Waals surface area contributed by atoms with Crippen molar-refractivity contribution < 1.29 is 17.6 Å². The molecule has 8 heteroatoms. The van der Waals surface area contributed by atoms with E-state index in [2.05, 4.69) is 10.0 Å². The number of hydrogen-bond acceptors (Lipinski definition) is 4. The molecule has 0 bridgehead atoms. The highest BCUT2D eigenvalue weighted by molar-refractivity contribution is 7.92. The van der Waals surface area contributed by atoms with E-state index >= 15 is 0 Å². The van der Waals surface area contributed by atoms with E-state index in [-0.39, 0.29) is 10.8 Å². The second kappa shape index (κ2) is 7.04. The summed E-state index contributed by atoms with van der Waals surface area (Å²) in [7, 11) is -3.80. The van der Waals surface area contributed by atoms with Crippen molar-refractivity contribution in [2.24, 2.45) is 0 Å². The van der Waals surface area contributed by atoms with Crippen molar-refractivity contribution in [2.75, 3.05) is 10.0 Å². The van der Waals surface area contributed by atoms with Gasteiger partial charge in [0.25, 0.3) is 15.9 Å². The fourth-order valence-electron chi connectivity index (χ4n) is 2.05. The van der Waals surface area contributed by atoms with Crippen LogP contribution in [-0.4, -0.2) is 14.3 Å². The summed E-state index contributed by atoms with van der Waals surface area (Å²) in [4.78, 5) is 11.9. The first-order valence-corrected chi connectivity index (χ1v) is 9.59. The Kier molecular flexibility index (Phi) is 4.82. The lowest BCUT2D eigenvalue weighted by Gasteiger charge is -2.09. The monoisotopic (exact) mass is 376 g/mol. The van der Waals surface area contributed by atoms with Gasteiger partial charge in [0.1, 0.15) is 5.82 Å². The van der Waals surface area contributed by atoms with Crippen LogP contribution in [0.25, 0.3) is 0 Å². The summed E-state index contributed by atoms with van der Waals surface area (Å²) < 4.78 is 39.8. The number of sulfonamides is 1. The molecule has 5 nitrogen and oxygen atoms in total. The number of rotatable bonds is 5. The second-order valence-electron chi connectivity index (χ2n) is 5.10. The maximum absolute atomic E-state index is 12.9. The molecule has 0 spiro atoms. The summed E-state index contributed by atoms with van der Waals surface area (Å²) >= 11 is 1.43. The van der Waals surface area contributed by atoms with Crippen molar-refractivity contribution in [1.82, 2.24) is 0 Å². The van der Waals surface area contributed by atoms with Crippen LogP contribution in [0, 0.1) is 5.82 Å². The summed E-state index contributed by atoms with van der Waals surface area (Å²) in [6.45, 7) is 0. The van der Waals surface area contributed by atoms with Crippen LogP contribution < -0.4 is 10.0 Å². The summed E-state index contributed by atoms with van der Waals surface area (Å²) in [6.07, 6.45) is 0. The molecular formula is C17H13FN2O3S2. The van der Waals surface area contributed by atoms with Crippen LogP contribution in [0.5, 0.6) is 0 Å². The fraction of sp³-hybridized carbons (Fsp3) is 0. The van der Waals surface area contributed by atoms with Gasteiger partial charge in [0.05, 0.1) is 10.5 Å². The van der Waals surface area contributed by atoms with Gasteiger partial charge in [0, 0.05) is 16.8 Å². The number of amides is 1. The predicted molar refractivity (Wildman–Crippen MR) is 95.9 cm³/mol. The minimum Gasteiger partial charge on any atom is -0.322 e. The van der Waals surface area contributed by atoms with Gasteiger partial charge in [-0.3, -0.25) is 9.52 Å². The molecule has 0 atom stereocenters. The van der Waals surface area contributed by atoms with Crippen molar-refractivity contribution >= 4 is 38.6 Å². The number of carbonyl (C=O) groups excluding carboxylic acids is 1. The average molecular weight is 376 g/mol. The Morgan fingerprint density at radius 1 is 0.920 bits per heavy atom. The molecule has 0 saturated carbocycles. The zero-order valence-corrected chi connectivity index (χ0v) is 14.4. The van der Waals surface area contributed by atoms with Crippen molar-refractivity contribution in [3.05, 3.63) is 76.7 Å². The van der Waals surface area contributed by atoms with Crippen LogP contribution in [0.15, 0.2) is 70.3 Å². The van der Waals surface area contributed by atoms with Crippen molar-refractivity contribution in [3.8, 4) is 0 Å². The van der Waals surface area contributed by atoms with Gasteiger partial charge in [-0.2, -0.15) is 11.3 Å². The van der Waals surface area contributed by atoms with Gasteiger partial charge in [0.2, 0.25) is 0 Å². The molecule has 0 saturated heterocycles. The second-order valence-corrected chi connectivity index (χ2v) is 7.57. The van der Waals surface area contributed by atoms with E-state index in [1.807, 2.05) is 5.38 Å². The van der Waals surface area contributed by atoms with Gasteiger partial charge >= 0.3 is 0 Å². The first-order valence-electron chi connectivity index (χ1n) is 7.16. The zero-order chi connectivity index (χ0) is 17.9. The first-order chi connectivity index (χ1) is 11.9. The Hall–Kier alpha value is -2.71. The lowest BCUT2D eigenvalue weighted by Crippen LogP contribution is -2.13. The van der Waals surface area contributed by atoms with Gasteiger partial charge in [-0.1, -0.05) is 0 Å². The molecule has 0 aliphatic heterocycles. The molecule has 0 aliphatic rings. The number of anilines is 2. The summed E-state index contributed by atoms with van der Waals surface area (Å²) in [6, 6.07) is 12.5. The quantitative estimate of drug-likeness (QED) is 0.708. The molecule has 0 aliphatic carbocycles. The number of benzene rings is 2. The Balaban J connectivity index is 1.70. The lowest BCUT2D eigenvalue weighted by atomic mass is 10.2. The van der Waals surface area contributed by atoms with Crippen molar-refractivity contribution in [2.45, 2.75) is 4.90 Å². The van der Waals surface area contributed by atoms with Gasteiger partial charge in [-0.25, -0.2) is 12.8 Å². The van der Waals surface area contributed by atoms with E-state index in [4.69, 9.17) is 0 Å². The zero-order valence-electron chi connectivity index (χ0n) is 12.8. The molecule has 2 N–H and O–H groups in total. The summed E-state index contributed by atoms with van der Waals surface area (Å²) in [5.74, 6) is -0.745. The maximum Gasteiger partial charge on any atom is 0.261 e. The SMILES string of the molecule is O=C(Nc1ccc(NS(=O)(=O)c2ccc(F)cc2)cc1)c1ccsc1. The van der Waals surface area contributed by atoms with Crippen LogP contribution in [0.1, 0.15) is 10.4 Å². The largest absolute Gasteiger partial charge is 0.322 e. The molecule has 3 aromatic rings. The maximum atomic E-state index is 12.9. The minimum atomic E-state index is -3.80. The number of halogens is 1. The normalized spacial score (nSPS) is 11.1. The van der Waals surface area contributed by atoms with E-state index < -0.39 is 15.8 Å². The smallest absolute Gasteiger partial charge is 0.261 e. The molecule has 1 amide bonds. The topological polar surface area (TPSA) is 75.3 Å². The Labute approximate surface area is 148 Å². The number of nitrogens with one attached hydrogen (secondary N) is 2. The van der Waals surface area contributed by atoms with Gasteiger partial charge in [0.15, 0.2) is 0 Å². The lowest BCUT2D eigenvalue weighted by molar-refractivity contribution is 0.102. The van der Waals surface area contributed by atoms with Crippen LogP contribution in [-0.2, 0) is 10.0 Å². The highest BCUT2D eigenvalue weighted by atomic mass is 32.2. The van der Waals surface area contributed by atoms with E-state index in [0.29, 0.717) is 16.9 Å². The van der Waals surface area contributed by atoms with Crippen LogP contribution >= 0.6 is 11.3 Å². The molecule has 128 valence electrons.